The molecule has 9 heteroatoms. The molecule has 0 bridgehead atoms. The van der Waals surface area contributed by atoms with Crippen molar-refractivity contribution < 1.29 is 9.66 Å². The van der Waals surface area contributed by atoms with E-state index in [0.29, 0.717) is 24.6 Å². The van der Waals surface area contributed by atoms with Crippen molar-refractivity contribution in [3.05, 3.63) is 45.6 Å². The van der Waals surface area contributed by atoms with E-state index in [1.54, 1.807) is 31.4 Å². The molecular weight excluding hydrogens is 322 g/mol. The molecular formula is C14H16ClN5O3. The SMILES string of the molecule is COCCCNc1nc(Nc2ccc(Cl)cc2)ncc1[N+](=O)[O-]. The topological polar surface area (TPSA) is 102 Å². The number of nitro groups is 1. The lowest BCUT2D eigenvalue weighted by atomic mass is 10.3. The molecule has 0 saturated carbocycles. The number of hydrogen-bond donors (Lipinski definition) is 2. The second-order valence-electron chi connectivity index (χ2n) is 4.59. The van der Waals surface area contributed by atoms with Gasteiger partial charge in [-0.15, -0.1) is 0 Å². The molecule has 1 aromatic carbocycles. The molecule has 0 atom stereocenters. The number of nitrogens with zero attached hydrogens (tertiary/aromatic N) is 3. The van der Waals surface area contributed by atoms with E-state index in [4.69, 9.17) is 16.3 Å². The second-order valence-corrected chi connectivity index (χ2v) is 5.03. The summed E-state index contributed by atoms with van der Waals surface area (Å²) in [5.41, 5.74) is 0.553. The van der Waals surface area contributed by atoms with Crippen LogP contribution in [0.1, 0.15) is 6.42 Å². The molecule has 0 spiro atoms. The van der Waals surface area contributed by atoms with Crippen molar-refractivity contribution in [2.75, 3.05) is 30.9 Å². The Kier molecular flexibility index (Phi) is 6.07. The molecule has 0 saturated heterocycles. The van der Waals surface area contributed by atoms with Crippen LogP contribution in [0.3, 0.4) is 0 Å². The normalized spacial score (nSPS) is 10.3. The van der Waals surface area contributed by atoms with Crippen molar-refractivity contribution in [1.29, 1.82) is 0 Å². The van der Waals surface area contributed by atoms with E-state index in [0.717, 1.165) is 5.69 Å². The smallest absolute Gasteiger partial charge is 0.329 e. The van der Waals surface area contributed by atoms with E-state index >= 15 is 0 Å². The highest BCUT2D eigenvalue weighted by Gasteiger charge is 2.17. The molecule has 23 heavy (non-hydrogen) atoms. The van der Waals surface area contributed by atoms with Crippen LogP contribution in [0.15, 0.2) is 30.5 Å². The molecule has 0 radical (unpaired) electrons. The summed E-state index contributed by atoms with van der Waals surface area (Å²) >= 11 is 5.82. The van der Waals surface area contributed by atoms with Gasteiger partial charge < -0.3 is 15.4 Å². The second kappa shape index (κ2) is 8.25. The van der Waals surface area contributed by atoms with E-state index in [1.807, 2.05) is 0 Å². The molecule has 1 heterocycles. The maximum absolute atomic E-state index is 11.0. The number of nitrogens with one attached hydrogen (secondary N) is 2. The zero-order chi connectivity index (χ0) is 16.7. The Morgan fingerprint density at radius 2 is 2.09 bits per heavy atom. The number of methoxy groups -OCH3 is 1. The summed E-state index contributed by atoms with van der Waals surface area (Å²) in [6, 6.07) is 6.97. The Morgan fingerprint density at radius 3 is 2.74 bits per heavy atom. The van der Waals surface area contributed by atoms with Gasteiger partial charge in [0, 0.05) is 31.0 Å². The van der Waals surface area contributed by atoms with Gasteiger partial charge in [-0.2, -0.15) is 4.98 Å². The fraction of sp³-hybridized carbons (Fsp3) is 0.286. The highest BCUT2D eigenvalue weighted by Crippen LogP contribution is 2.24. The lowest BCUT2D eigenvalue weighted by Crippen LogP contribution is -2.10. The van der Waals surface area contributed by atoms with Gasteiger partial charge in [0.2, 0.25) is 11.8 Å². The average Bonchev–Trinajstić information content (AvgIpc) is 2.54. The molecule has 122 valence electrons. The Bertz CT molecular complexity index is 666. The summed E-state index contributed by atoms with van der Waals surface area (Å²) in [6.07, 6.45) is 1.88. The van der Waals surface area contributed by atoms with Gasteiger partial charge in [-0.1, -0.05) is 11.6 Å². The van der Waals surface area contributed by atoms with Gasteiger partial charge >= 0.3 is 5.69 Å². The Morgan fingerprint density at radius 1 is 1.35 bits per heavy atom. The maximum Gasteiger partial charge on any atom is 0.329 e. The predicted octanol–water partition coefficient (Wildman–Crippen LogP) is 3.23. The van der Waals surface area contributed by atoms with Crippen molar-refractivity contribution in [1.82, 2.24) is 9.97 Å². The van der Waals surface area contributed by atoms with Gasteiger partial charge in [-0.05, 0) is 30.7 Å². The summed E-state index contributed by atoms with van der Waals surface area (Å²) < 4.78 is 4.94. The number of ether oxygens (including phenoxy) is 1. The predicted molar refractivity (Wildman–Crippen MR) is 88.4 cm³/mol. The third kappa shape index (κ3) is 5.04. The zero-order valence-corrected chi connectivity index (χ0v) is 13.2. The van der Waals surface area contributed by atoms with Crippen LogP contribution < -0.4 is 10.6 Å². The van der Waals surface area contributed by atoms with Gasteiger partial charge in [0.05, 0.1) is 4.92 Å². The van der Waals surface area contributed by atoms with Crippen LogP contribution in [-0.4, -0.2) is 35.2 Å². The number of halogens is 1. The van der Waals surface area contributed by atoms with Gasteiger partial charge in [0.1, 0.15) is 6.20 Å². The van der Waals surface area contributed by atoms with E-state index in [-0.39, 0.29) is 17.5 Å². The van der Waals surface area contributed by atoms with Crippen LogP contribution in [-0.2, 0) is 4.74 Å². The fourth-order valence-electron chi connectivity index (χ4n) is 1.79. The van der Waals surface area contributed by atoms with Crippen LogP contribution in [0.2, 0.25) is 5.02 Å². The summed E-state index contributed by atoms with van der Waals surface area (Å²) in [4.78, 5) is 18.6. The Balaban J connectivity index is 2.14. The van der Waals surface area contributed by atoms with E-state index < -0.39 is 4.92 Å². The third-order valence-electron chi connectivity index (χ3n) is 2.88. The highest BCUT2D eigenvalue weighted by atomic mass is 35.5. The van der Waals surface area contributed by atoms with Crippen LogP contribution in [0.25, 0.3) is 0 Å². The van der Waals surface area contributed by atoms with Crippen LogP contribution in [0, 0.1) is 10.1 Å². The summed E-state index contributed by atoms with van der Waals surface area (Å²) in [5, 5.41) is 17.6. The number of hydrogen-bond acceptors (Lipinski definition) is 7. The number of rotatable bonds is 8. The molecule has 1 aromatic heterocycles. The minimum atomic E-state index is -0.523. The third-order valence-corrected chi connectivity index (χ3v) is 3.14. The molecule has 2 N–H and O–H groups in total. The lowest BCUT2D eigenvalue weighted by molar-refractivity contribution is -0.384. The maximum atomic E-state index is 11.0. The minimum Gasteiger partial charge on any atom is -0.385 e. The molecule has 2 aromatic rings. The standard InChI is InChI=1S/C14H16ClN5O3/c1-23-8-2-7-16-13-12(20(21)22)9-17-14(19-13)18-11-5-3-10(15)4-6-11/h3-6,9H,2,7-8H2,1H3,(H2,16,17,18,19). The van der Waals surface area contributed by atoms with Crippen molar-refractivity contribution >= 4 is 34.7 Å². The number of benzene rings is 1. The monoisotopic (exact) mass is 337 g/mol. The molecule has 0 aliphatic rings. The van der Waals surface area contributed by atoms with Gasteiger partial charge in [-0.25, -0.2) is 4.98 Å². The molecule has 2 rings (SSSR count). The Labute approximate surface area is 138 Å². The molecule has 0 amide bonds. The molecule has 0 fully saturated rings. The highest BCUT2D eigenvalue weighted by molar-refractivity contribution is 6.30. The summed E-state index contributed by atoms with van der Waals surface area (Å²) in [7, 11) is 1.60. The number of aromatic nitrogens is 2. The molecule has 0 unspecified atom stereocenters. The zero-order valence-electron chi connectivity index (χ0n) is 12.5. The summed E-state index contributed by atoms with van der Waals surface area (Å²) in [6.45, 7) is 1.06. The fourth-order valence-corrected chi connectivity index (χ4v) is 1.91. The van der Waals surface area contributed by atoms with E-state index in [1.165, 1.54) is 6.20 Å². The molecule has 0 aliphatic carbocycles. The largest absolute Gasteiger partial charge is 0.385 e. The van der Waals surface area contributed by atoms with E-state index in [9.17, 15) is 10.1 Å². The van der Waals surface area contributed by atoms with Crippen molar-refractivity contribution in [3.8, 4) is 0 Å². The molecule has 0 aliphatic heterocycles. The first kappa shape index (κ1) is 16.9. The minimum absolute atomic E-state index is 0.164. The van der Waals surface area contributed by atoms with Crippen LogP contribution >= 0.6 is 11.6 Å². The Hall–Kier alpha value is -2.45. The molecule has 8 nitrogen and oxygen atoms in total. The van der Waals surface area contributed by atoms with Gasteiger partial charge in [-0.3, -0.25) is 10.1 Å². The van der Waals surface area contributed by atoms with Crippen molar-refractivity contribution in [2.24, 2.45) is 0 Å². The quantitative estimate of drug-likeness (QED) is 0.433. The lowest BCUT2D eigenvalue weighted by Gasteiger charge is -2.09. The van der Waals surface area contributed by atoms with Gasteiger partial charge in [0.15, 0.2) is 0 Å². The summed E-state index contributed by atoms with van der Waals surface area (Å²) in [5.74, 6) is 0.421. The first-order chi connectivity index (χ1) is 11.1. The first-order valence-electron chi connectivity index (χ1n) is 6.87. The van der Waals surface area contributed by atoms with Crippen molar-refractivity contribution in [3.63, 3.8) is 0 Å². The first-order valence-corrected chi connectivity index (χ1v) is 7.25. The van der Waals surface area contributed by atoms with Gasteiger partial charge in [0.25, 0.3) is 0 Å². The number of anilines is 3. The van der Waals surface area contributed by atoms with E-state index in [2.05, 4.69) is 20.6 Å². The van der Waals surface area contributed by atoms with Crippen LogP contribution in [0.4, 0.5) is 23.1 Å². The van der Waals surface area contributed by atoms with Crippen LogP contribution in [0.5, 0.6) is 0 Å². The average molecular weight is 338 g/mol. The van der Waals surface area contributed by atoms with Crippen molar-refractivity contribution in [2.45, 2.75) is 6.42 Å².